The molecule has 1 aromatic carbocycles. The fraction of sp³-hybridized carbons (Fsp3) is 0.375. The molecule has 18 heavy (non-hydrogen) atoms. The summed E-state index contributed by atoms with van der Waals surface area (Å²) >= 11 is 0. The number of anilines is 1. The number of benzene rings is 1. The van der Waals surface area contributed by atoms with Crippen molar-refractivity contribution in [1.82, 2.24) is 0 Å². The molecule has 0 N–H and O–H groups in total. The highest BCUT2D eigenvalue weighted by atomic mass is 16.5. The lowest BCUT2D eigenvalue weighted by molar-refractivity contribution is 0.122. The zero-order chi connectivity index (χ0) is 12.2. The van der Waals surface area contributed by atoms with Crippen LogP contribution in [0.4, 0.5) is 5.69 Å². The van der Waals surface area contributed by atoms with E-state index >= 15 is 0 Å². The van der Waals surface area contributed by atoms with Crippen molar-refractivity contribution in [2.45, 2.75) is 12.3 Å². The lowest BCUT2D eigenvalue weighted by Crippen LogP contribution is -2.36. The quantitative estimate of drug-likeness (QED) is 0.788. The van der Waals surface area contributed by atoms with Gasteiger partial charge >= 0.3 is 0 Å². The molecule has 1 aliphatic heterocycles. The van der Waals surface area contributed by atoms with Crippen LogP contribution < -0.4 is 4.90 Å². The Balaban J connectivity index is 1.72. The summed E-state index contributed by atoms with van der Waals surface area (Å²) in [6, 6.07) is 8.94. The van der Waals surface area contributed by atoms with Crippen LogP contribution in [0, 0.1) is 6.08 Å². The predicted octanol–water partition coefficient (Wildman–Crippen LogP) is 2.93. The number of nitrogens with zero attached hydrogens (tertiary/aromatic N) is 1. The van der Waals surface area contributed by atoms with Gasteiger partial charge in [-0.1, -0.05) is 30.4 Å². The summed E-state index contributed by atoms with van der Waals surface area (Å²) in [4.78, 5) is 2.38. The first-order valence-electron chi connectivity index (χ1n) is 6.60. The molecule has 2 heteroatoms. The van der Waals surface area contributed by atoms with Gasteiger partial charge in [0.2, 0.25) is 0 Å². The van der Waals surface area contributed by atoms with Gasteiger partial charge in [-0.15, -0.1) is 0 Å². The number of rotatable bonds is 2. The van der Waals surface area contributed by atoms with Crippen molar-refractivity contribution in [3.05, 3.63) is 54.1 Å². The molecule has 0 saturated carbocycles. The highest BCUT2D eigenvalue weighted by Gasteiger charge is 2.12. The molecule has 0 bridgehead atoms. The second-order valence-corrected chi connectivity index (χ2v) is 4.77. The molecular formula is C16H18NO. The topological polar surface area (TPSA) is 12.5 Å². The third-order valence-corrected chi connectivity index (χ3v) is 3.60. The van der Waals surface area contributed by atoms with Crippen LogP contribution in [0.15, 0.2) is 42.5 Å². The maximum atomic E-state index is 5.38. The van der Waals surface area contributed by atoms with Gasteiger partial charge in [-0.3, -0.25) is 0 Å². The normalized spacial score (nSPS) is 23.3. The molecule has 0 amide bonds. The van der Waals surface area contributed by atoms with Gasteiger partial charge < -0.3 is 9.64 Å². The number of hydrogen-bond donors (Lipinski definition) is 0. The van der Waals surface area contributed by atoms with E-state index in [4.69, 9.17) is 4.74 Å². The summed E-state index contributed by atoms with van der Waals surface area (Å²) in [5.41, 5.74) is 2.69. The molecule has 0 aromatic heterocycles. The Labute approximate surface area is 109 Å². The van der Waals surface area contributed by atoms with E-state index in [1.165, 1.54) is 11.3 Å². The van der Waals surface area contributed by atoms with Crippen molar-refractivity contribution in [3.63, 3.8) is 0 Å². The summed E-state index contributed by atoms with van der Waals surface area (Å²) < 4.78 is 5.38. The molecule has 1 unspecified atom stereocenters. The molecule has 1 atom stereocenters. The smallest absolute Gasteiger partial charge is 0.0642 e. The Bertz CT molecular complexity index is 441. The van der Waals surface area contributed by atoms with Gasteiger partial charge in [0.15, 0.2) is 0 Å². The molecule has 0 spiro atoms. The predicted molar refractivity (Wildman–Crippen MR) is 73.8 cm³/mol. The molecule has 2 aliphatic rings. The van der Waals surface area contributed by atoms with E-state index < -0.39 is 0 Å². The van der Waals surface area contributed by atoms with Crippen molar-refractivity contribution in [2.75, 3.05) is 31.2 Å². The third kappa shape index (κ3) is 2.49. The minimum atomic E-state index is 0.494. The Kier molecular flexibility index (Phi) is 3.47. The maximum absolute atomic E-state index is 5.38. The zero-order valence-electron chi connectivity index (χ0n) is 10.5. The van der Waals surface area contributed by atoms with E-state index in [1.807, 2.05) is 6.08 Å². The fourth-order valence-electron chi connectivity index (χ4n) is 2.51. The first kappa shape index (κ1) is 11.5. The van der Waals surface area contributed by atoms with Gasteiger partial charge in [0, 0.05) is 24.7 Å². The second kappa shape index (κ2) is 5.40. The number of hydrogen-bond acceptors (Lipinski definition) is 2. The van der Waals surface area contributed by atoms with E-state index in [2.05, 4.69) is 47.4 Å². The van der Waals surface area contributed by atoms with Crippen molar-refractivity contribution in [3.8, 4) is 0 Å². The molecule has 1 fully saturated rings. The largest absolute Gasteiger partial charge is 0.378 e. The van der Waals surface area contributed by atoms with Crippen LogP contribution in [0.25, 0.3) is 0 Å². The van der Waals surface area contributed by atoms with Crippen LogP contribution in [0.1, 0.15) is 17.9 Å². The van der Waals surface area contributed by atoms with Crippen LogP contribution in [-0.2, 0) is 4.74 Å². The monoisotopic (exact) mass is 240 g/mol. The average Bonchev–Trinajstić information content (AvgIpc) is 2.49. The summed E-state index contributed by atoms with van der Waals surface area (Å²) in [5.74, 6) is 0.494. The summed E-state index contributed by atoms with van der Waals surface area (Å²) in [6.45, 7) is 3.68. The van der Waals surface area contributed by atoms with Gasteiger partial charge in [0.05, 0.1) is 13.2 Å². The van der Waals surface area contributed by atoms with Crippen LogP contribution in [0.2, 0.25) is 0 Å². The van der Waals surface area contributed by atoms with E-state index in [1.54, 1.807) is 0 Å². The van der Waals surface area contributed by atoms with Gasteiger partial charge in [0.25, 0.3) is 0 Å². The van der Waals surface area contributed by atoms with Crippen molar-refractivity contribution in [2.24, 2.45) is 0 Å². The van der Waals surface area contributed by atoms with Gasteiger partial charge in [-0.2, -0.15) is 0 Å². The molecular weight excluding hydrogens is 222 g/mol. The zero-order valence-corrected chi connectivity index (χ0v) is 10.5. The molecule has 93 valence electrons. The van der Waals surface area contributed by atoms with E-state index in [0.29, 0.717) is 5.92 Å². The van der Waals surface area contributed by atoms with Crippen molar-refractivity contribution in [1.29, 1.82) is 0 Å². The molecule has 2 nitrogen and oxygen atoms in total. The molecule has 1 aromatic rings. The SMILES string of the molecule is [C]1=CC(c2ccc(N3CCOCC3)cc2)CC=C1. The number of ether oxygens (including phenoxy) is 1. The number of morpholine rings is 1. The van der Waals surface area contributed by atoms with Crippen LogP contribution in [0.3, 0.4) is 0 Å². The first-order chi connectivity index (χ1) is 8.93. The Morgan fingerprint density at radius 2 is 1.89 bits per heavy atom. The lowest BCUT2D eigenvalue weighted by Gasteiger charge is -2.29. The highest BCUT2D eigenvalue weighted by Crippen LogP contribution is 2.26. The Morgan fingerprint density at radius 1 is 1.11 bits per heavy atom. The minimum Gasteiger partial charge on any atom is -0.378 e. The Morgan fingerprint density at radius 3 is 2.56 bits per heavy atom. The lowest BCUT2D eigenvalue weighted by atomic mass is 9.92. The Hall–Kier alpha value is -1.54. The summed E-state index contributed by atoms with van der Waals surface area (Å²) in [5, 5.41) is 0. The minimum absolute atomic E-state index is 0.494. The molecule has 3 rings (SSSR count). The number of allylic oxidation sites excluding steroid dienone is 4. The summed E-state index contributed by atoms with van der Waals surface area (Å²) in [6.07, 6.45) is 10.6. The average molecular weight is 240 g/mol. The van der Waals surface area contributed by atoms with Crippen molar-refractivity contribution >= 4 is 5.69 Å². The van der Waals surface area contributed by atoms with Gasteiger partial charge in [0.1, 0.15) is 0 Å². The highest BCUT2D eigenvalue weighted by molar-refractivity contribution is 5.49. The first-order valence-corrected chi connectivity index (χ1v) is 6.60. The molecule has 1 radical (unpaired) electrons. The van der Waals surface area contributed by atoms with E-state index in [0.717, 1.165) is 32.7 Å². The molecule has 1 heterocycles. The fourth-order valence-corrected chi connectivity index (χ4v) is 2.51. The van der Waals surface area contributed by atoms with Crippen molar-refractivity contribution < 1.29 is 4.74 Å². The van der Waals surface area contributed by atoms with E-state index in [9.17, 15) is 0 Å². The van der Waals surface area contributed by atoms with Gasteiger partial charge in [-0.05, 0) is 30.2 Å². The second-order valence-electron chi connectivity index (χ2n) is 4.77. The summed E-state index contributed by atoms with van der Waals surface area (Å²) in [7, 11) is 0. The van der Waals surface area contributed by atoms with Crippen LogP contribution in [-0.4, -0.2) is 26.3 Å². The maximum Gasteiger partial charge on any atom is 0.0642 e. The van der Waals surface area contributed by atoms with Gasteiger partial charge in [-0.25, -0.2) is 0 Å². The third-order valence-electron chi connectivity index (χ3n) is 3.60. The van der Waals surface area contributed by atoms with Crippen LogP contribution in [0.5, 0.6) is 0 Å². The standard InChI is InChI=1S/C16H18NO/c1-2-4-14(5-3-1)15-6-8-16(9-7-15)17-10-12-18-13-11-17/h1-2,5-9,14H,4,10-13H2. The van der Waals surface area contributed by atoms with E-state index in [-0.39, 0.29) is 0 Å². The molecule has 1 aliphatic carbocycles. The molecule has 1 saturated heterocycles. The van der Waals surface area contributed by atoms with Crippen LogP contribution >= 0.6 is 0 Å².